The summed E-state index contributed by atoms with van der Waals surface area (Å²) in [5.74, 6) is -0.201. The van der Waals surface area contributed by atoms with Gasteiger partial charge in [-0.2, -0.15) is 13.9 Å². The largest absolute Gasteiger partial charge is 0.317 e. The van der Waals surface area contributed by atoms with E-state index in [1.165, 1.54) is 36.0 Å². The fraction of sp³-hybridized carbons (Fsp3) is 0.462. The normalized spacial score (nSPS) is 21.0. The minimum Gasteiger partial charge on any atom is -0.313 e. The second-order valence-electron chi connectivity index (χ2n) is 4.95. The van der Waals surface area contributed by atoms with E-state index in [1.807, 2.05) is 11.2 Å². The van der Waals surface area contributed by atoms with Gasteiger partial charge in [0.25, 0.3) is 0 Å². The molecule has 1 atom stereocenters. The number of nitrogens with zero attached hydrogens (tertiary/aromatic N) is 4. The summed E-state index contributed by atoms with van der Waals surface area (Å²) in [6.45, 7) is 1.49. The van der Waals surface area contributed by atoms with Crippen LogP contribution >= 0.6 is 23.5 Å². The van der Waals surface area contributed by atoms with Crippen LogP contribution in [0.15, 0.2) is 17.2 Å². The molecule has 2 heterocycles. The van der Waals surface area contributed by atoms with Crippen LogP contribution in [0, 0.1) is 5.82 Å². The zero-order chi connectivity index (χ0) is 16.0. The number of fused-ring (bicyclic) bond motifs is 1. The van der Waals surface area contributed by atoms with Gasteiger partial charge in [-0.1, -0.05) is 11.6 Å². The van der Waals surface area contributed by atoms with Crippen molar-refractivity contribution in [3.8, 4) is 0 Å². The molecule has 9 heteroatoms. The monoisotopic (exact) mass is 350 g/mol. The van der Waals surface area contributed by atoms with Gasteiger partial charge in [0.05, 0.1) is 10.7 Å². The van der Waals surface area contributed by atoms with Gasteiger partial charge in [-0.3, -0.25) is 9.91 Å². The van der Waals surface area contributed by atoms with Crippen molar-refractivity contribution in [1.82, 2.24) is 9.91 Å². The molecule has 0 fully saturated rings. The third kappa shape index (κ3) is 2.48. The van der Waals surface area contributed by atoms with E-state index < -0.39 is 12.4 Å². The Morgan fingerprint density at radius 2 is 2.18 bits per heavy atom. The third-order valence-electron chi connectivity index (χ3n) is 3.58. The SMILES string of the molecule is CCN1SC(N2CN(C(F)F)C(C)=N2)c2cc(F)cc(Cl)c21. The lowest BCUT2D eigenvalue weighted by molar-refractivity contribution is 0.00437. The smallest absolute Gasteiger partial charge is 0.313 e. The zero-order valence-electron chi connectivity index (χ0n) is 11.9. The first kappa shape index (κ1) is 15.6. The standard InChI is InChI=1S/C13H14ClF3N4S/c1-3-21-11-9(4-8(15)5-10(11)14)12(22-21)20-6-19(13(16)17)7(2)18-20/h4-5,12-13H,3,6H2,1-2H3. The summed E-state index contributed by atoms with van der Waals surface area (Å²) in [5, 5.41) is 5.66. The number of alkyl halides is 2. The predicted molar refractivity (Wildman–Crippen MR) is 82.4 cm³/mol. The fourth-order valence-corrected chi connectivity index (χ4v) is 4.16. The lowest BCUT2D eigenvalue weighted by Crippen LogP contribution is -2.34. The van der Waals surface area contributed by atoms with Crippen LogP contribution in [0.4, 0.5) is 18.9 Å². The van der Waals surface area contributed by atoms with Gasteiger partial charge in [-0.25, -0.2) is 4.39 Å². The van der Waals surface area contributed by atoms with Gasteiger partial charge in [0.2, 0.25) is 0 Å². The summed E-state index contributed by atoms with van der Waals surface area (Å²) >= 11 is 7.55. The van der Waals surface area contributed by atoms with Crippen molar-refractivity contribution in [3.63, 3.8) is 0 Å². The van der Waals surface area contributed by atoms with Gasteiger partial charge >= 0.3 is 6.55 Å². The average Bonchev–Trinajstić information content (AvgIpc) is 2.99. The molecule has 0 radical (unpaired) electrons. The van der Waals surface area contributed by atoms with E-state index in [0.717, 1.165) is 10.6 Å². The average molecular weight is 351 g/mol. The third-order valence-corrected chi connectivity index (χ3v) is 5.26. The van der Waals surface area contributed by atoms with E-state index >= 15 is 0 Å². The van der Waals surface area contributed by atoms with Crippen molar-refractivity contribution in [2.75, 3.05) is 17.5 Å². The Labute approximate surface area is 135 Å². The van der Waals surface area contributed by atoms with Crippen LogP contribution in [0.3, 0.4) is 0 Å². The molecule has 1 aromatic carbocycles. The highest BCUT2D eigenvalue weighted by Gasteiger charge is 2.39. The Bertz CT molecular complexity index is 628. The number of benzene rings is 1. The summed E-state index contributed by atoms with van der Waals surface area (Å²) in [5.41, 5.74) is 1.38. The van der Waals surface area contributed by atoms with Crippen LogP contribution in [-0.4, -0.2) is 35.5 Å². The maximum Gasteiger partial charge on any atom is 0.317 e. The summed E-state index contributed by atoms with van der Waals surface area (Å²) in [4.78, 5) is 0.899. The number of hydrazone groups is 1. The van der Waals surface area contributed by atoms with Gasteiger partial charge in [-0.15, -0.1) is 0 Å². The van der Waals surface area contributed by atoms with Crippen LogP contribution in [0.1, 0.15) is 24.8 Å². The molecule has 3 rings (SSSR count). The Kier molecular flexibility index (Phi) is 4.07. The lowest BCUT2D eigenvalue weighted by Gasteiger charge is -2.24. The molecule has 0 N–H and O–H groups in total. The molecule has 2 aliphatic rings. The Morgan fingerprint density at radius 1 is 1.45 bits per heavy atom. The minimum absolute atomic E-state index is 0.0354. The number of hydrogen-bond acceptors (Lipinski definition) is 5. The molecule has 0 spiro atoms. The molecule has 1 aromatic rings. The summed E-state index contributed by atoms with van der Waals surface area (Å²) in [6.07, 6.45) is 0. The molecule has 0 amide bonds. The molecular weight excluding hydrogens is 337 g/mol. The molecule has 0 aromatic heterocycles. The number of anilines is 1. The molecule has 1 unspecified atom stereocenters. The fourth-order valence-electron chi connectivity index (χ4n) is 2.58. The van der Waals surface area contributed by atoms with E-state index in [1.54, 1.807) is 0 Å². The first-order chi connectivity index (χ1) is 10.4. The van der Waals surface area contributed by atoms with Crippen molar-refractivity contribution >= 4 is 35.1 Å². The quantitative estimate of drug-likeness (QED) is 0.604. The Balaban J connectivity index is 1.96. The van der Waals surface area contributed by atoms with Crippen LogP contribution in [0.2, 0.25) is 5.02 Å². The second-order valence-corrected chi connectivity index (χ2v) is 6.46. The van der Waals surface area contributed by atoms with E-state index in [2.05, 4.69) is 5.10 Å². The molecule has 2 aliphatic heterocycles. The van der Waals surface area contributed by atoms with Crippen LogP contribution in [-0.2, 0) is 0 Å². The van der Waals surface area contributed by atoms with E-state index in [9.17, 15) is 13.2 Å². The molecular formula is C13H14ClF3N4S. The number of hydrogen-bond donors (Lipinski definition) is 0. The summed E-state index contributed by atoms with van der Waals surface area (Å²) in [6, 6.07) is 2.65. The Hall–Kier alpha value is -1.28. The minimum atomic E-state index is -2.61. The molecule has 22 heavy (non-hydrogen) atoms. The van der Waals surface area contributed by atoms with Crippen LogP contribution < -0.4 is 4.31 Å². The van der Waals surface area contributed by atoms with Crippen LogP contribution in [0.25, 0.3) is 0 Å². The van der Waals surface area contributed by atoms with Crippen LogP contribution in [0.5, 0.6) is 0 Å². The van der Waals surface area contributed by atoms with Crippen molar-refractivity contribution in [2.45, 2.75) is 25.8 Å². The van der Waals surface area contributed by atoms with Crippen molar-refractivity contribution in [2.24, 2.45) is 5.10 Å². The number of halogens is 4. The molecule has 120 valence electrons. The van der Waals surface area contributed by atoms with Gasteiger partial charge < -0.3 is 4.31 Å². The van der Waals surface area contributed by atoms with E-state index in [4.69, 9.17) is 11.6 Å². The summed E-state index contributed by atoms with van der Waals surface area (Å²) in [7, 11) is 0. The van der Waals surface area contributed by atoms with Crippen molar-refractivity contribution in [3.05, 3.63) is 28.5 Å². The highest BCUT2D eigenvalue weighted by atomic mass is 35.5. The molecule has 4 nitrogen and oxygen atoms in total. The summed E-state index contributed by atoms with van der Waals surface area (Å²) < 4.78 is 41.5. The highest BCUT2D eigenvalue weighted by molar-refractivity contribution is 8.01. The maximum atomic E-state index is 13.7. The predicted octanol–water partition coefficient (Wildman–Crippen LogP) is 4.10. The van der Waals surface area contributed by atoms with Gasteiger partial charge in [-0.05, 0) is 37.9 Å². The molecule has 0 saturated carbocycles. The topological polar surface area (TPSA) is 22.1 Å². The van der Waals surface area contributed by atoms with Gasteiger partial charge in [0.15, 0.2) is 0 Å². The van der Waals surface area contributed by atoms with Crippen molar-refractivity contribution in [1.29, 1.82) is 0 Å². The van der Waals surface area contributed by atoms with E-state index in [0.29, 0.717) is 17.1 Å². The zero-order valence-corrected chi connectivity index (χ0v) is 13.5. The number of rotatable bonds is 3. The molecule has 0 aliphatic carbocycles. The molecule has 0 bridgehead atoms. The first-order valence-corrected chi connectivity index (χ1v) is 7.93. The Morgan fingerprint density at radius 3 is 2.77 bits per heavy atom. The van der Waals surface area contributed by atoms with E-state index in [-0.39, 0.29) is 17.9 Å². The first-order valence-electron chi connectivity index (χ1n) is 6.72. The van der Waals surface area contributed by atoms with Gasteiger partial charge in [0.1, 0.15) is 23.7 Å². The van der Waals surface area contributed by atoms with Crippen molar-refractivity contribution < 1.29 is 13.2 Å². The molecule has 0 saturated heterocycles. The van der Waals surface area contributed by atoms with Gasteiger partial charge in [0, 0.05) is 12.1 Å². The second kappa shape index (κ2) is 5.73. The highest BCUT2D eigenvalue weighted by Crippen LogP contribution is 2.52. The lowest BCUT2D eigenvalue weighted by atomic mass is 10.1. The number of amidine groups is 1. The maximum absolute atomic E-state index is 13.7.